The standard InChI is InChI=1S/C11H10ClNO4/c1-2-3-6-9(11(14)15)17-10(13-6)7-4-5-8(12)16-7/h4-5H,2-3H2,1H3,(H,14,15). The normalized spacial score (nSPS) is 10.7. The molecule has 0 radical (unpaired) electrons. The van der Waals surface area contributed by atoms with Gasteiger partial charge in [-0.15, -0.1) is 0 Å². The van der Waals surface area contributed by atoms with E-state index in [1.807, 2.05) is 6.92 Å². The molecule has 1 N–H and O–H groups in total. The number of furan rings is 1. The monoisotopic (exact) mass is 255 g/mol. The van der Waals surface area contributed by atoms with E-state index in [1.54, 1.807) is 12.1 Å². The van der Waals surface area contributed by atoms with Crippen LogP contribution in [-0.4, -0.2) is 16.1 Å². The van der Waals surface area contributed by atoms with Crippen molar-refractivity contribution in [1.82, 2.24) is 4.98 Å². The van der Waals surface area contributed by atoms with Crippen LogP contribution >= 0.6 is 11.6 Å². The van der Waals surface area contributed by atoms with Crippen molar-refractivity contribution in [2.75, 3.05) is 0 Å². The van der Waals surface area contributed by atoms with Crippen molar-refractivity contribution in [3.8, 4) is 11.7 Å². The third-order valence-corrected chi connectivity index (χ3v) is 2.37. The van der Waals surface area contributed by atoms with Crippen LogP contribution in [0, 0.1) is 0 Å². The van der Waals surface area contributed by atoms with Gasteiger partial charge in [0.05, 0.1) is 5.69 Å². The molecule has 0 aromatic carbocycles. The smallest absolute Gasteiger partial charge is 0.373 e. The van der Waals surface area contributed by atoms with Gasteiger partial charge in [-0.1, -0.05) is 13.3 Å². The van der Waals surface area contributed by atoms with Gasteiger partial charge in [0.15, 0.2) is 11.0 Å². The molecule has 2 rings (SSSR count). The van der Waals surface area contributed by atoms with Crippen molar-refractivity contribution in [1.29, 1.82) is 0 Å². The minimum atomic E-state index is -1.13. The number of carbonyl (C=O) groups is 1. The molecule has 2 aromatic rings. The first-order valence-corrected chi connectivity index (χ1v) is 5.48. The van der Waals surface area contributed by atoms with E-state index in [4.69, 9.17) is 25.5 Å². The number of carboxylic acid groups (broad SMARTS) is 1. The van der Waals surface area contributed by atoms with Crippen molar-refractivity contribution in [3.63, 3.8) is 0 Å². The second-order valence-corrected chi connectivity index (χ2v) is 3.83. The number of rotatable bonds is 4. The highest BCUT2D eigenvalue weighted by atomic mass is 35.5. The fourth-order valence-electron chi connectivity index (χ4n) is 1.46. The summed E-state index contributed by atoms with van der Waals surface area (Å²) in [5, 5.41) is 9.17. The molecular formula is C11H10ClNO4. The molecule has 0 aliphatic carbocycles. The van der Waals surface area contributed by atoms with Gasteiger partial charge in [-0.2, -0.15) is 0 Å². The average Bonchev–Trinajstić information content (AvgIpc) is 2.85. The number of hydrogen-bond acceptors (Lipinski definition) is 4. The van der Waals surface area contributed by atoms with Gasteiger partial charge in [0.2, 0.25) is 5.76 Å². The van der Waals surface area contributed by atoms with Crippen LogP contribution in [0.3, 0.4) is 0 Å². The lowest BCUT2D eigenvalue weighted by molar-refractivity contribution is 0.0661. The Bertz CT molecular complexity index is 543. The van der Waals surface area contributed by atoms with Crippen molar-refractivity contribution in [2.24, 2.45) is 0 Å². The Labute approximate surface area is 102 Å². The fraction of sp³-hybridized carbons (Fsp3) is 0.273. The summed E-state index contributed by atoms with van der Waals surface area (Å²) in [4.78, 5) is 15.1. The topological polar surface area (TPSA) is 76.5 Å². The quantitative estimate of drug-likeness (QED) is 0.907. The number of nitrogens with zero attached hydrogens (tertiary/aromatic N) is 1. The van der Waals surface area contributed by atoms with Crippen LogP contribution < -0.4 is 0 Å². The summed E-state index contributed by atoms with van der Waals surface area (Å²) in [5.41, 5.74) is 0.419. The van der Waals surface area contributed by atoms with Crippen molar-refractivity contribution in [2.45, 2.75) is 19.8 Å². The number of carboxylic acids is 1. The minimum absolute atomic E-state index is 0.137. The summed E-state index contributed by atoms with van der Waals surface area (Å²) in [6.45, 7) is 1.93. The highest BCUT2D eigenvalue weighted by Crippen LogP contribution is 2.26. The van der Waals surface area contributed by atoms with E-state index in [0.717, 1.165) is 6.42 Å². The molecule has 0 amide bonds. The molecule has 6 heteroatoms. The van der Waals surface area contributed by atoms with Gasteiger partial charge >= 0.3 is 5.97 Å². The molecule has 2 heterocycles. The molecule has 2 aromatic heterocycles. The number of halogens is 1. The second kappa shape index (κ2) is 4.63. The molecule has 0 spiro atoms. The lowest BCUT2D eigenvalue weighted by atomic mass is 10.2. The van der Waals surface area contributed by atoms with E-state index < -0.39 is 5.97 Å². The summed E-state index contributed by atoms with van der Waals surface area (Å²) in [5.74, 6) is -0.822. The van der Waals surface area contributed by atoms with Crippen molar-refractivity contribution < 1.29 is 18.7 Å². The SMILES string of the molecule is CCCc1nc(-c2ccc(Cl)o2)oc1C(=O)O. The van der Waals surface area contributed by atoms with Crippen LogP contribution in [0.5, 0.6) is 0 Å². The average molecular weight is 256 g/mol. The Morgan fingerprint density at radius 1 is 1.47 bits per heavy atom. The van der Waals surface area contributed by atoms with Gasteiger partial charge in [-0.3, -0.25) is 0 Å². The highest BCUT2D eigenvalue weighted by molar-refractivity contribution is 6.28. The second-order valence-electron chi connectivity index (χ2n) is 3.45. The van der Waals surface area contributed by atoms with E-state index in [2.05, 4.69) is 4.98 Å². The molecule has 0 fully saturated rings. The van der Waals surface area contributed by atoms with Crippen molar-refractivity contribution >= 4 is 17.6 Å². The fourth-order valence-corrected chi connectivity index (χ4v) is 1.61. The van der Waals surface area contributed by atoms with Crippen LogP contribution in [0.4, 0.5) is 0 Å². The van der Waals surface area contributed by atoms with Crippen LogP contribution in [0.2, 0.25) is 5.22 Å². The number of aromatic carboxylic acids is 1. The van der Waals surface area contributed by atoms with Crippen molar-refractivity contribution in [3.05, 3.63) is 28.8 Å². The molecule has 5 nitrogen and oxygen atoms in total. The Kier molecular flexibility index (Phi) is 3.19. The van der Waals surface area contributed by atoms with E-state index in [0.29, 0.717) is 17.9 Å². The minimum Gasteiger partial charge on any atom is -0.475 e. The van der Waals surface area contributed by atoms with Crippen LogP contribution in [0.25, 0.3) is 11.7 Å². The molecular weight excluding hydrogens is 246 g/mol. The zero-order chi connectivity index (χ0) is 12.4. The largest absolute Gasteiger partial charge is 0.475 e. The third-order valence-electron chi connectivity index (χ3n) is 2.16. The molecule has 0 atom stereocenters. The number of oxazole rings is 1. The van der Waals surface area contributed by atoms with Gasteiger partial charge in [-0.05, 0) is 30.2 Å². The van der Waals surface area contributed by atoms with Gasteiger partial charge in [-0.25, -0.2) is 9.78 Å². The summed E-state index contributed by atoms with van der Waals surface area (Å²) in [6, 6.07) is 3.12. The lowest BCUT2D eigenvalue weighted by Gasteiger charge is -1.91. The van der Waals surface area contributed by atoms with Crippen LogP contribution in [0.1, 0.15) is 29.6 Å². The molecule has 0 unspecified atom stereocenters. The molecule has 17 heavy (non-hydrogen) atoms. The maximum absolute atomic E-state index is 11.0. The predicted molar refractivity (Wildman–Crippen MR) is 60.2 cm³/mol. The lowest BCUT2D eigenvalue weighted by Crippen LogP contribution is -1.99. The molecule has 0 bridgehead atoms. The summed E-state index contributed by atoms with van der Waals surface area (Å²) >= 11 is 5.63. The molecule has 0 aliphatic rings. The number of aromatic nitrogens is 1. The zero-order valence-electron chi connectivity index (χ0n) is 9.07. The molecule has 0 aliphatic heterocycles. The van der Waals surface area contributed by atoms with E-state index >= 15 is 0 Å². The highest BCUT2D eigenvalue weighted by Gasteiger charge is 2.21. The van der Waals surface area contributed by atoms with Gasteiger partial charge in [0.25, 0.3) is 5.89 Å². The first-order valence-electron chi connectivity index (χ1n) is 5.10. The summed E-state index contributed by atoms with van der Waals surface area (Å²) in [7, 11) is 0. The number of aryl methyl sites for hydroxylation is 1. The van der Waals surface area contributed by atoms with Crippen LogP contribution in [0.15, 0.2) is 21.0 Å². The number of hydrogen-bond donors (Lipinski definition) is 1. The van der Waals surface area contributed by atoms with Crippen LogP contribution in [-0.2, 0) is 6.42 Å². The Balaban J connectivity index is 2.43. The van der Waals surface area contributed by atoms with E-state index in [-0.39, 0.29) is 16.9 Å². The van der Waals surface area contributed by atoms with E-state index in [9.17, 15) is 4.79 Å². The first kappa shape index (κ1) is 11.7. The maximum Gasteiger partial charge on any atom is 0.373 e. The zero-order valence-corrected chi connectivity index (χ0v) is 9.82. The third kappa shape index (κ3) is 2.34. The first-order chi connectivity index (χ1) is 8.11. The Morgan fingerprint density at radius 2 is 2.24 bits per heavy atom. The summed E-state index contributed by atoms with van der Waals surface area (Å²) < 4.78 is 10.3. The Morgan fingerprint density at radius 3 is 2.76 bits per heavy atom. The molecule has 0 saturated heterocycles. The van der Waals surface area contributed by atoms with Gasteiger partial charge in [0.1, 0.15) is 0 Å². The predicted octanol–water partition coefficient (Wildman–Crippen LogP) is 3.24. The Hall–Kier alpha value is -1.75. The summed E-state index contributed by atoms with van der Waals surface area (Å²) in [6.07, 6.45) is 1.32. The molecule has 0 saturated carbocycles. The van der Waals surface area contributed by atoms with Gasteiger partial charge in [0, 0.05) is 0 Å². The molecule has 90 valence electrons. The maximum atomic E-state index is 11.0. The van der Waals surface area contributed by atoms with Gasteiger partial charge < -0.3 is 13.9 Å². The van der Waals surface area contributed by atoms with E-state index in [1.165, 1.54) is 0 Å².